The zero-order valence-electron chi connectivity index (χ0n) is 6.64. The zero-order valence-corrected chi connectivity index (χ0v) is 6.64. The summed E-state index contributed by atoms with van der Waals surface area (Å²) < 4.78 is 6.58. The quantitative estimate of drug-likeness (QED) is 0.575. The van der Waals surface area contributed by atoms with Crippen molar-refractivity contribution < 1.29 is 9.09 Å². The molecule has 0 bridgehead atoms. The van der Waals surface area contributed by atoms with Crippen LogP contribution in [0.1, 0.15) is 0 Å². The maximum atomic E-state index is 4.65. The lowest BCUT2D eigenvalue weighted by Crippen LogP contribution is -2.30. The smallest absolute Gasteiger partial charge is 0.267 e. The Labute approximate surface area is 69.5 Å². The van der Waals surface area contributed by atoms with Crippen LogP contribution in [-0.4, -0.2) is 10.1 Å². The maximum absolute atomic E-state index is 4.65. The summed E-state index contributed by atoms with van der Waals surface area (Å²) in [6, 6.07) is 5.82. The highest BCUT2D eigenvalue weighted by Crippen LogP contribution is 2.06. The Morgan fingerprint density at radius 3 is 3.00 bits per heavy atom. The fourth-order valence-electron chi connectivity index (χ4n) is 1.04. The molecule has 0 amide bonds. The molecule has 12 heavy (non-hydrogen) atoms. The van der Waals surface area contributed by atoms with E-state index in [0.717, 1.165) is 5.69 Å². The summed E-state index contributed by atoms with van der Waals surface area (Å²) in [7, 11) is 1.94. The number of hydrogen-bond donors (Lipinski definition) is 0. The molecular formula is C8H8N3O+. The number of aryl methyl sites for hydroxylation is 1. The topological polar surface area (TPSA) is 42.8 Å². The van der Waals surface area contributed by atoms with Gasteiger partial charge in [0.25, 0.3) is 11.5 Å². The lowest BCUT2D eigenvalue weighted by Gasteiger charge is -1.91. The standard InChI is InChI=1S/C8H8N3O/c1-11-5-3-2-4-7(11)8-9-6-12-10-8/h2-6H,1H3/q+1. The second-order valence-corrected chi connectivity index (χ2v) is 2.45. The molecule has 2 aromatic rings. The Balaban J connectivity index is 2.55. The van der Waals surface area contributed by atoms with Crippen molar-refractivity contribution in [2.45, 2.75) is 0 Å². The monoisotopic (exact) mass is 162 g/mol. The van der Waals surface area contributed by atoms with E-state index in [2.05, 4.69) is 14.7 Å². The molecule has 2 rings (SSSR count). The third kappa shape index (κ3) is 1.07. The number of rotatable bonds is 1. The third-order valence-corrected chi connectivity index (χ3v) is 1.65. The van der Waals surface area contributed by atoms with Gasteiger partial charge in [0.1, 0.15) is 7.05 Å². The van der Waals surface area contributed by atoms with Gasteiger partial charge >= 0.3 is 0 Å². The van der Waals surface area contributed by atoms with Crippen molar-refractivity contribution in [1.82, 2.24) is 10.1 Å². The van der Waals surface area contributed by atoms with Crippen molar-refractivity contribution in [1.29, 1.82) is 0 Å². The minimum atomic E-state index is 0.609. The second kappa shape index (κ2) is 2.73. The Hall–Kier alpha value is -1.71. The molecule has 0 spiro atoms. The van der Waals surface area contributed by atoms with Crippen LogP contribution in [0, 0.1) is 0 Å². The molecule has 60 valence electrons. The van der Waals surface area contributed by atoms with Crippen LogP contribution in [0.5, 0.6) is 0 Å². The van der Waals surface area contributed by atoms with Gasteiger partial charge in [-0.15, -0.1) is 0 Å². The van der Waals surface area contributed by atoms with Gasteiger partial charge in [-0.2, -0.15) is 9.55 Å². The van der Waals surface area contributed by atoms with Gasteiger partial charge in [0, 0.05) is 12.1 Å². The highest BCUT2D eigenvalue weighted by atomic mass is 16.5. The molecule has 0 saturated carbocycles. The average Bonchev–Trinajstić information content (AvgIpc) is 2.57. The fourth-order valence-corrected chi connectivity index (χ4v) is 1.04. The molecule has 0 fully saturated rings. The molecule has 2 aromatic heterocycles. The first-order chi connectivity index (χ1) is 5.88. The molecule has 0 saturated heterocycles. The predicted molar refractivity (Wildman–Crippen MR) is 40.9 cm³/mol. The minimum absolute atomic E-state index is 0.609. The SMILES string of the molecule is C[n+]1ccccc1-c1ncon1. The predicted octanol–water partition coefficient (Wildman–Crippen LogP) is 0.561. The van der Waals surface area contributed by atoms with E-state index in [-0.39, 0.29) is 0 Å². The van der Waals surface area contributed by atoms with E-state index in [9.17, 15) is 0 Å². The Bertz CT molecular complexity index is 370. The molecule has 0 unspecified atom stereocenters. The van der Waals surface area contributed by atoms with Gasteiger partial charge in [0.2, 0.25) is 6.39 Å². The van der Waals surface area contributed by atoms with Gasteiger partial charge in [-0.25, -0.2) is 0 Å². The molecule has 2 heterocycles. The number of aromatic nitrogens is 3. The largest absolute Gasteiger partial charge is 0.342 e. The maximum Gasteiger partial charge on any atom is 0.267 e. The lowest BCUT2D eigenvalue weighted by molar-refractivity contribution is -0.660. The van der Waals surface area contributed by atoms with Crippen LogP contribution >= 0.6 is 0 Å². The van der Waals surface area contributed by atoms with Crippen LogP contribution in [-0.2, 0) is 7.05 Å². The van der Waals surface area contributed by atoms with Gasteiger partial charge < -0.3 is 4.52 Å². The van der Waals surface area contributed by atoms with Gasteiger partial charge in [-0.05, 0) is 6.07 Å². The number of nitrogens with zero attached hydrogens (tertiary/aromatic N) is 3. The van der Waals surface area contributed by atoms with Gasteiger partial charge in [0.05, 0.1) is 0 Å². The van der Waals surface area contributed by atoms with Crippen molar-refractivity contribution >= 4 is 0 Å². The van der Waals surface area contributed by atoms with Crippen molar-refractivity contribution in [2.24, 2.45) is 7.05 Å². The molecule has 4 nitrogen and oxygen atoms in total. The second-order valence-electron chi connectivity index (χ2n) is 2.45. The molecule has 0 aliphatic heterocycles. The van der Waals surface area contributed by atoms with E-state index >= 15 is 0 Å². The van der Waals surface area contributed by atoms with E-state index in [1.807, 2.05) is 36.0 Å². The summed E-state index contributed by atoms with van der Waals surface area (Å²) in [6.07, 6.45) is 3.26. The molecule has 0 aromatic carbocycles. The van der Waals surface area contributed by atoms with Crippen LogP contribution in [0.25, 0.3) is 11.5 Å². The van der Waals surface area contributed by atoms with Crippen LogP contribution in [0.3, 0.4) is 0 Å². The molecule has 0 N–H and O–H groups in total. The summed E-state index contributed by atoms with van der Waals surface area (Å²) >= 11 is 0. The fraction of sp³-hybridized carbons (Fsp3) is 0.125. The number of pyridine rings is 1. The van der Waals surface area contributed by atoms with Gasteiger partial charge in [-0.3, -0.25) is 0 Å². The van der Waals surface area contributed by atoms with Crippen molar-refractivity contribution in [3.05, 3.63) is 30.8 Å². The summed E-state index contributed by atoms with van der Waals surface area (Å²) in [5, 5.41) is 3.74. The Morgan fingerprint density at radius 2 is 2.33 bits per heavy atom. The summed E-state index contributed by atoms with van der Waals surface area (Å²) in [5.41, 5.74) is 0.936. The van der Waals surface area contributed by atoms with Crippen LogP contribution in [0.15, 0.2) is 35.3 Å². The van der Waals surface area contributed by atoms with Crippen LogP contribution < -0.4 is 4.57 Å². The molecule has 0 aliphatic rings. The normalized spacial score (nSPS) is 10.1. The van der Waals surface area contributed by atoms with Crippen LogP contribution in [0.2, 0.25) is 0 Å². The third-order valence-electron chi connectivity index (χ3n) is 1.65. The average molecular weight is 162 g/mol. The summed E-state index contributed by atoms with van der Waals surface area (Å²) in [5.74, 6) is 0.609. The Morgan fingerprint density at radius 1 is 1.42 bits per heavy atom. The summed E-state index contributed by atoms with van der Waals surface area (Å²) in [4.78, 5) is 3.95. The first-order valence-electron chi connectivity index (χ1n) is 3.59. The van der Waals surface area contributed by atoms with E-state index in [1.165, 1.54) is 6.39 Å². The van der Waals surface area contributed by atoms with Crippen molar-refractivity contribution in [3.63, 3.8) is 0 Å². The number of hydrogen-bond acceptors (Lipinski definition) is 3. The van der Waals surface area contributed by atoms with Crippen molar-refractivity contribution in [3.8, 4) is 11.5 Å². The highest BCUT2D eigenvalue weighted by molar-refractivity contribution is 5.42. The molecule has 0 aliphatic carbocycles. The van der Waals surface area contributed by atoms with Crippen LogP contribution in [0.4, 0.5) is 0 Å². The van der Waals surface area contributed by atoms with Gasteiger partial charge in [0.15, 0.2) is 6.20 Å². The van der Waals surface area contributed by atoms with Gasteiger partial charge in [-0.1, -0.05) is 5.16 Å². The van der Waals surface area contributed by atoms with E-state index in [0.29, 0.717) is 5.82 Å². The molecule has 0 radical (unpaired) electrons. The van der Waals surface area contributed by atoms with E-state index < -0.39 is 0 Å². The lowest BCUT2D eigenvalue weighted by atomic mass is 10.3. The Kier molecular flexibility index (Phi) is 1.59. The zero-order chi connectivity index (χ0) is 8.39. The molecular weight excluding hydrogens is 154 g/mol. The molecule has 4 heteroatoms. The van der Waals surface area contributed by atoms with E-state index in [4.69, 9.17) is 0 Å². The molecule has 0 atom stereocenters. The van der Waals surface area contributed by atoms with E-state index in [1.54, 1.807) is 0 Å². The first-order valence-corrected chi connectivity index (χ1v) is 3.59. The minimum Gasteiger partial charge on any atom is -0.342 e. The summed E-state index contributed by atoms with van der Waals surface area (Å²) in [6.45, 7) is 0. The first kappa shape index (κ1) is 6.97. The van der Waals surface area contributed by atoms with Crippen molar-refractivity contribution in [2.75, 3.05) is 0 Å². The highest BCUT2D eigenvalue weighted by Gasteiger charge is 2.11.